The molecule has 106 valence electrons. The Hall–Kier alpha value is -2.87. The van der Waals surface area contributed by atoms with Crippen molar-refractivity contribution in [3.63, 3.8) is 0 Å². The van der Waals surface area contributed by atoms with Gasteiger partial charge < -0.3 is 9.84 Å². The molecule has 2 aromatic rings. The first-order chi connectivity index (χ1) is 10.0. The predicted octanol–water partition coefficient (Wildman–Crippen LogP) is 3.28. The van der Waals surface area contributed by atoms with Crippen LogP contribution in [0.5, 0.6) is 5.75 Å². The highest BCUT2D eigenvalue weighted by Gasteiger charge is 2.10. The molecular weight excluding hydrogens is 273 g/mol. The summed E-state index contributed by atoms with van der Waals surface area (Å²) in [6.07, 6.45) is 0. The molecule has 0 saturated heterocycles. The maximum atomic E-state index is 13.8. The molecule has 0 aliphatic heterocycles. The minimum absolute atomic E-state index is 0.0338. The van der Waals surface area contributed by atoms with E-state index in [0.717, 1.165) is 0 Å². The molecule has 0 aromatic heterocycles. The molecule has 21 heavy (non-hydrogen) atoms. The van der Waals surface area contributed by atoms with Crippen molar-refractivity contribution in [2.45, 2.75) is 13.5 Å². The van der Waals surface area contributed by atoms with Crippen molar-refractivity contribution in [1.82, 2.24) is 0 Å². The summed E-state index contributed by atoms with van der Waals surface area (Å²) in [5, 5.41) is 17.7. The molecule has 0 fully saturated rings. The molecule has 5 heteroatoms. The third-order valence-electron chi connectivity index (χ3n) is 3.02. The maximum absolute atomic E-state index is 13.8. The number of ether oxygens (including phenoxy) is 1. The minimum Gasteiger partial charge on any atom is -0.489 e. The number of benzene rings is 2. The van der Waals surface area contributed by atoms with Crippen molar-refractivity contribution in [2.24, 2.45) is 0 Å². The van der Waals surface area contributed by atoms with E-state index in [2.05, 4.69) is 0 Å². The zero-order chi connectivity index (χ0) is 15.4. The van der Waals surface area contributed by atoms with E-state index >= 15 is 0 Å². The van der Waals surface area contributed by atoms with E-state index in [4.69, 9.17) is 15.1 Å². The molecule has 0 bridgehead atoms. The quantitative estimate of drug-likeness (QED) is 0.935. The second-order valence-corrected chi connectivity index (χ2v) is 4.46. The highest BCUT2D eigenvalue weighted by atomic mass is 19.1. The highest BCUT2D eigenvalue weighted by Crippen LogP contribution is 2.20. The van der Waals surface area contributed by atoms with Gasteiger partial charge in [0.2, 0.25) is 0 Å². The zero-order valence-corrected chi connectivity index (χ0v) is 11.3. The van der Waals surface area contributed by atoms with Crippen LogP contribution in [0.3, 0.4) is 0 Å². The van der Waals surface area contributed by atoms with Gasteiger partial charge in [-0.25, -0.2) is 9.18 Å². The van der Waals surface area contributed by atoms with E-state index in [1.54, 1.807) is 25.1 Å². The van der Waals surface area contributed by atoms with Crippen LogP contribution in [0.4, 0.5) is 4.39 Å². The largest absolute Gasteiger partial charge is 0.489 e. The van der Waals surface area contributed by atoms with Crippen LogP contribution in [0.25, 0.3) is 0 Å². The van der Waals surface area contributed by atoms with E-state index in [1.807, 2.05) is 0 Å². The van der Waals surface area contributed by atoms with Gasteiger partial charge in [-0.3, -0.25) is 0 Å². The molecular formula is C16H12FNO3. The molecule has 0 saturated carbocycles. The number of carbonyl (C=O) groups is 1. The van der Waals surface area contributed by atoms with Crippen molar-refractivity contribution < 1.29 is 19.0 Å². The summed E-state index contributed by atoms with van der Waals surface area (Å²) >= 11 is 0. The number of hydrogen-bond acceptors (Lipinski definition) is 3. The summed E-state index contributed by atoms with van der Waals surface area (Å²) in [4.78, 5) is 10.9. The molecule has 2 aromatic carbocycles. The lowest BCUT2D eigenvalue weighted by Crippen LogP contribution is -2.02. The van der Waals surface area contributed by atoms with Gasteiger partial charge in [0.25, 0.3) is 0 Å². The van der Waals surface area contributed by atoms with Gasteiger partial charge in [0.15, 0.2) is 0 Å². The Labute approximate surface area is 121 Å². The number of nitrogens with zero attached hydrogens (tertiary/aromatic N) is 1. The van der Waals surface area contributed by atoms with Crippen molar-refractivity contribution in [2.75, 3.05) is 0 Å². The summed E-state index contributed by atoms with van der Waals surface area (Å²) < 4.78 is 19.3. The van der Waals surface area contributed by atoms with E-state index in [0.29, 0.717) is 11.3 Å². The number of hydrogen-bond donors (Lipinski definition) is 1. The first-order valence-electron chi connectivity index (χ1n) is 6.17. The standard InChI is InChI=1S/C16H12FNO3/c1-10-7-13(5-6-14(10)16(19)20)21-9-12-4-2-3-11(8-18)15(12)17/h2-7H,9H2,1H3,(H,19,20). The molecule has 0 atom stereocenters. The van der Waals surface area contributed by atoms with Crippen LogP contribution in [0.2, 0.25) is 0 Å². The Morgan fingerprint density at radius 2 is 2.14 bits per heavy atom. The summed E-state index contributed by atoms with van der Waals surface area (Å²) in [6, 6.07) is 10.8. The van der Waals surface area contributed by atoms with Crippen LogP contribution in [0.15, 0.2) is 36.4 Å². The molecule has 0 spiro atoms. The van der Waals surface area contributed by atoms with Gasteiger partial charge in [-0.2, -0.15) is 5.26 Å². The fourth-order valence-electron chi connectivity index (χ4n) is 1.90. The summed E-state index contributed by atoms with van der Waals surface area (Å²) in [7, 11) is 0. The second-order valence-electron chi connectivity index (χ2n) is 4.46. The normalized spacial score (nSPS) is 9.95. The van der Waals surface area contributed by atoms with Gasteiger partial charge in [0.05, 0.1) is 11.1 Å². The first-order valence-corrected chi connectivity index (χ1v) is 6.17. The minimum atomic E-state index is -1.01. The zero-order valence-electron chi connectivity index (χ0n) is 11.3. The van der Waals surface area contributed by atoms with Gasteiger partial charge in [-0.1, -0.05) is 12.1 Å². The summed E-state index contributed by atoms with van der Waals surface area (Å²) in [6.45, 7) is 1.63. The average Bonchev–Trinajstić information content (AvgIpc) is 2.46. The molecule has 1 N–H and O–H groups in total. The van der Waals surface area contributed by atoms with Crippen LogP contribution in [-0.2, 0) is 6.61 Å². The summed E-state index contributed by atoms with van der Waals surface area (Å²) in [5.41, 5.74) is 0.994. The third kappa shape index (κ3) is 3.18. The number of aromatic carboxylic acids is 1. The lowest BCUT2D eigenvalue weighted by molar-refractivity contribution is 0.0696. The van der Waals surface area contributed by atoms with Crippen molar-refractivity contribution >= 4 is 5.97 Å². The second kappa shape index (κ2) is 6.06. The topological polar surface area (TPSA) is 70.3 Å². The molecule has 0 radical (unpaired) electrons. The molecule has 2 rings (SSSR count). The smallest absolute Gasteiger partial charge is 0.335 e. The number of nitriles is 1. The van der Waals surface area contributed by atoms with E-state index in [-0.39, 0.29) is 23.3 Å². The van der Waals surface area contributed by atoms with Crippen LogP contribution in [-0.4, -0.2) is 11.1 Å². The van der Waals surface area contributed by atoms with Gasteiger partial charge >= 0.3 is 5.97 Å². The number of carboxylic acid groups (broad SMARTS) is 1. The average molecular weight is 285 g/mol. The van der Waals surface area contributed by atoms with Crippen LogP contribution >= 0.6 is 0 Å². The van der Waals surface area contributed by atoms with Gasteiger partial charge in [0.1, 0.15) is 24.2 Å². The Bertz CT molecular complexity index is 735. The number of aryl methyl sites for hydroxylation is 1. The van der Waals surface area contributed by atoms with Crippen molar-refractivity contribution in [3.8, 4) is 11.8 Å². The highest BCUT2D eigenvalue weighted by molar-refractivity contribution is 5.89. The Balaban J connectivity index is 2.16. The van der Waals surface area contributed by atoms with E-state index in [1.165, 1.54) is 24.3 Å². The predicted molar refractivity (Wildman–Crippen MR) is 73.6 cm³/mol. The van der Waals surface area contributed by atoms with Gasteiger partial charge in [-0.15, -0.1) is 0 Å². The van der Waals surface area contributed by atoms with Crippen molar-refractivity contribution in [3.05, 3.63) is 64.5 Å². The van der Waals surface area contributed by atoms with Crippen LogP contribution in [0, 0.1) is 24.1 Å². The van der Waals surface area contributed by atoms with Crippen LogP contribution in [0.1, 0.15) is 27.0 Å². The van der Waals surface area contributed by atoms with Gasteiger partial charge in [0, 0.05) is 5.56 Å². The fourth-order valence-corrected chi connectivity index (χ4v) is 1.90. The van der Waals surface area contributed by atoms with E-state index < -0.39 is 11.8 Å². The summed E-state index contributed by atoms with van der Waals surface area (Å²) in [5.74, 6) is -1.16. The first kappa shape index (κ1) is 14.5. The van der Waals surface area contributed by atoms with Gasteiger partial charge in [-0.05, 0) is 36.8 Å². The lowest BCUT2D eigenvalue weighted by Gasteiger charge is -2.09. The maximum Gasteiger partial charge on any atom is 0.335 e. The lowest BCUT2D eigenvalue weighted by atomic mass is 10.1. The van der Waals surface area contributed by atoms with Crippen molar-refractivity contribution in [1.29, 1.82) is 5.26 Å². The molecule has 0 amide bonds. The number of halogens is 1. The fraction of sp³-hybridized carbons (Fsp3) is 0.125. The molecule has 4 nitrogen and oxygen atoms in total. The SMILES string of the molecule is Cc1cc(OCc2cccc(C#N)c2F)ccc1C(=O)O. The van der Waals surface area contributed by atoms with Crippen LogP contribution < -0.4 is 4.74 Å². The number of rotatable bonds is 4. The molecule has 0 aliphatic rings. The molecule has 0 aliphatic carbocycles. The number of carboxylic acids is 1. The monoisotopic (exact) mass is 285 g/mol. The third-order valence-corrected chi connectivity index (χ3v) is 3.02. The van der Waals surface area contributed by atoms with E-state index in [9.17, 15) is 9.18 Å². The Kier molecular flexibility index (Phi) is 4.19. The Morgan fingerprint density at radius 1 is 1.38 bits per heavy atom. The Morgan fingerprint density at radius 3 is 2.76 bits per heavy atom. The molecule has 0 unspecified atom stereocenters. The molecule has 0 heterocycles.